The van der Waals surface area contributed by atoms with Gasteiger partial charge in [-0.2, -0.15) is 0 Å². The fraction of sp³-hybridized carbons (Fsp3) is 0.250. The minimum atomic E-state index is -0.636. The fourth-order valence-electron chi connectivity index (χ4n) is 7.72. The number of para-hydroxylation sites is 2. The monoisotopic (exact) mass is 726 g/mol. The third-order valence-electron chi connectivity index (χ3n) is 10.1. The third-order valence-corrected chi connectivity index (χ3v) is 10.1. The van der Waals surface area contributed by atoms with Crippen molar-refractivity contribution in [3.8, 4) is 33.8 Å². The highest BCUT2D eigenvalue weighted by Crippen LogP contribution is 2.40. The topological polar surface area (TPSA) is 58.9 Å². The van der Waals surface area contributed by atoms with Crippen molar-refractivity contribution in [1.82, 2.24) is 0 Å². The van der Waals surface area contributed by atoms with E-state index < -0.39 is 12.2 Å². The Balaban J connectivity index is 1.42. The molecule has 2 atom stereocenters. The van der Waals surface area contributed by atoms with E-state index in [1.54, 1.807) is 24.3 Å². The second kappa shape index (κ2) is 16.8. The van der Waals surface area contributed by atoms with Crippen molar-refractivity contribution in [2.24, 2.45) is 0 Å². The van der Waals surface area contributed by atoms with E-state index in [0.717, 1.165) is 66.8 Å². The quantitative estimate of drug-likeness (QED) is 0.124. The molecule has 0 aromatic heterocycles. The van der Waals surface area contributed by atoms with Gasteiger partial charge in [-0.1, -0.05) is 96.1 Å². The Hall–Kier alpha value is -5.30. The highest BCUT2D eigenvalue weighted by atomic mass is 19.1. The van der Waals surface area contributed by atoms with Crippen LogP contribution in [-0.4, -0.2) is 22.4 Å². The fourth-order valence-corrected chi connectivity index (χ4v) is 7.72. The number of hydrogen-bond acceptors (Lipinski definition) is 4. The van der Waals surface area contributed by atoms with Gasteiger partial charge in [0.05, 0.1) is 25.4 Å². The summed E-state index contributed by atoms with van der Waals surface area (Å²) in [5.41, 5.74) is 12.9. The van der Waals surface area contributed by atoms with Crippen LogP contribution in [0.1, 0.15) is 55.6 Å². The van der Waals surface area contributed by atoms with Gasteiger partial charge in [-0.25, -0.2) is 8.78 Å². The van der Waals surface area contributed by atoms with E-state index in [1.807, 2.05) is 36.4 Å². The normalized spacial score (nSPS) is 12.5. The van der Waals surface area contributed by atoms with Gasteiger partial charge in [-0.3, -0.25) is 0 Å². The molecule has 0 saturated heterocycles. The summed E-state index contributed by atoms with van der Waals surface area (Å²) in [6.45, 7) is 12.6. The van der Waals surface area contributed by atoms with Crippen LogP contribution in [0.5, 0.6) is 11.5 Å². The summed E-state index contributed by atoms with van der Waals surface area (Å²) < 4.78 is 41.1. The van der Waals surface area contributed by atoms with Crippen LogP contribution in [0.15, 0.2) is 109 Å². The SMILES string of the molecule is Cc1cc(C)c(-c2cccc(C[C@@H](OCc3ccc(F)cc3)[C@@H](Cc3cccc(-c4c(C)cc(C)cc4C)c3O)OCc3ccc(F)cc3)c2O)c(C)c1. The molecule has 0 amide bonds. The summed E-state index contributed by atoms with van der Waals surface area (Å²) in [6.07, 6.45) is -0.726. The van der Waals surface area contributed by atoms with Gasteiger partial charge in [0.2, 0.25) is 0 Å². The van der Waals surface area contributed by atoms with Gasteiger partial charge < -0.3 is 19.7 Å². The summed E-state index contributed by atoms with van der Waals surface area (Å²) in [5, 5.41) is 23.8. The van der Waals surface area contributed by atoms with Gasteiger partial charge in [0.25, 0.3) is 0 Å². The van der Waals surface area contributed by atoms with Crippen LogP contribution >= 0.6 is 0 Å². The Bertz CT molecular complexity index is 2040. The minimum absolute atomic E-state index is 0.158. The number of hydrogen-bond donors (Lipinski definition) is 2. The first-order valence-electron chi connectivity index (χ1n) is 18.4. The molecular weight excluding hydrogens is 679 g/mol. The van der Waals surface area contributed by atoms with Crippen molar-refractivity contribution in [1.29, 1.82) is 0 Å². The molecule has 0 aliphatic rings. The average Bonchev–Trinajstić information content (AvgIpc) is 3.12. The molecule has 0 aliphatic heterocycles. The first kappa shape index (κ1) is 38.4. The third kappa shape index (κ3) is 8.90. The molecule has 0 spiro atoms. The summed E-state index contributed by atoms with van der Waals surface area (Å²) in [6, 6.07) is 32.3. The van der Waals surface area contributed by atoms with Crippen molar-refractivity contribution in [3.63, 3.8) is 0 Å². The second-order valence-electron chi connectivity index (χ2n) is 14.5. The number of phenolic OH excluding ortho intramolecular Hbond substituents is 2. The molecule has 0 aliphatic carbocycles. The van der Waals surface area contributed by atoms with Crippen LogP contribution in [0.25, 0.3) is 22.3 Å². The number of benzene rings is 6. The lowest BCUT2D eigenvalue weighted by Crippen LogP contribution is -2.35. The maximum absolute atomic E-state index is 13.9. The van der Waals surface area contributed by atoms with Crippen LogP contribution in [0.3, 0.4) is 0 Å². The van der Waals surface area contributed by atoms with Crippen LogP contribution < -0.4 is 0 Å². The maximum atomic E-state index is 13.9. The smallest absolute Gasteiger partial charge is 0.126 e. The largest absolute Gasteiger partial charge is 0.507 e. The molecule has 2 N–H and O–H groups in total. The molecule has 0 radical (unpaired) electrons. The molecule has 0 unspecified atom stereocenters. The van der Waals surface area contributed by atoms with Gasteiger partial charge >= 0.3 is 0 Å². The van der Waals surface area contributed by atoms with Crippen LogP contribution in [-0.2, 0) is 35.5 Å². The van der Waals surface area contributed by atoms with Crippen molar-refractivity contribution in [2.45, 2.75) is 79.8 Å². The standard InChI is InChI=1S/C48H48F2O4/c1-29-21-31(3)45(32(4)22-29)41-11-7-9-37(47(41)51)25-43(53-27-35-13-17-39(49)18-14-35)44(54-28-36-15-19-40(50)20-16-36)26-38-10-8-12-42(48(38)52)46-33(5)23-30(2)24-34(46)6/h7-24,43-44,51-52H,25-28H2,1-6H3/t43-,44-/m1/s1. The highest BCUT2D eigenvalue weighted by molar-refractivity contribution is 5.78. The second-order valence-corrected chi connectivity index (χ2v) is 14.5. The summed E-state index contributed by atoms with van der Waals surface area (Å²) in [4.78, 5) is 0. The average molecular weight is 727 g/mol. The number of rotatable bonds is 13. The van der Waals surface area contributed by atoms with E-state index >= 15 is 0 Å². The molecule has 4 nitrogen and oxygen atoms in total. The van der Waals surface area contributed by atoms with E-state index in [4.69, 9.17) is 9.47 Å². The molecule has 0 fully saturated rings. The van der Waals surface area contributed by atoms with Crippen molar-refractivity contribution < 1.29 is 28.5 Å². The summed E-state index contributed by atoms with van der Waals surface area (Å²) in [5.74, 6) is -0.354. The van der Waals surface area contributed by atoms with Crippen LogP contribution in [0, 0.1) is 53.2 Å². The Morgan fingerprint density at radius 1 is 0.481 bits per heavy atom. The number of phenols is 2. The van der Waals surface area contributed by atoms with E-state index in [2.05, 4.69) is 65.8 Å². The zero-order valence-electron chi connectivity index (χ0n) is 31.8. The molecule has 0 bridgehead atoms. The van der Waals surface area contributed by atoms with E-state index in [1.165, 1.54) is 24.3 Å². The number of aryl methyl sites for hydroxylation is 6. The van der Waals surface area contributed by atoms with E-state index in [9.17, 15) is 19.0 Å². The first-order valence-corrected chi connectivity index (χ1v) is 18.4. The van der Waals surface area contributed by atoms with Crippen molar-refractivity contribution >= 4 is 0 Å². The van der Waals surface area contributed by atoms with Crippen molar-refractivity contribution in [3.05, 3.63) is 176 Å². The van der Waals surface area contributed by atoms with Gasteiger partial charge in [0, 0.05) is 24.0 Å². The zero-order valence-corrected chi connectivity index (χ0v) is 31.8. The Labute approximate surface area is 317 Å². The molecular formula is C48H48F2O4. The maximum Gasteiger partial charge on any atom is 0.126 e. The Morgan fingerprint density at radius 3 is 1.15 bits per heavy atom. The predicted molar refractivity (Wildman–Crippen MR) is 213 cm³/mol. The lowest BCUT2D eigenvalue weighted by atomic mass is 9.89. The zero-order chi connectivity index (χ0) is 38.5. The molecule has 54 heavy (non-hydrogen) atoms. The Kier molecular flexibility index (Phi) is 12.0. The molecule has 6 rings (SSSR count). The van der Waals surface area contributed by atoms with Gasteiger partial charge in [0.15, 0.2) is 0 Å². The predicted octanol–water partition coefficient (Wildman–Crippen LogP) is 11.5. The Morgan fingerprint density at radius 2 is 0.815 bits per heavy atom. The molecule has 6 aromatic carbocycles. The summed E-state index contributed by atoms with van der Waals surface area (Å²) >= 11 is 0. The summed E-state index contributed by atoms with van der Waals surface area (Å²) in [7, 11) is 0. The number of halogens is 2. The van der Waals surface area contributed by atoms with Crippen molar-refractivity contribution in [2.75, 3.05) is 0 Å². The molecule has 0 heterocycles. The molecule has 278 valence electrons. The van der Waals surface area contributed by atoms with E-state index in [-0.39, 0.29) is 49.2 Å². The van der Waals surface area contributed by atoms with Gasteiger partial charge in [-0.15, -0.1) is 0 Å². The van der Waals surface area contributed by atoms with Crippen LogP contribution in [0.4, 0.5) is 8.78 Å². The van der Waals surface area contributed by atoms with Gasteiger partial charge in [0.1, 0.15) is 23.1 Å². The van der Waals surface area contributed by atoms with Gasteiger partial charge in [-0.05, 0) is 121 Å². The lowest BCUT2D eigenvalue weighted by molar-refractivity contribution is -0.0849. The highest BCUT2D eigenvalue weighted by Gasteiger charge is 2.28. The molecule has 6 aromatic rings. The lowest BCUT2D eigenvalue weighted by Gasteiger charge is -2.29. The minimum Gasteiger partial charge on any atom is -0.507 e. The first-order chi connectivity index (χ1) is 25.9. The number of aromatic hydroxyl groups is 2. The van der Waals surface area contributed by atoms with E-state index in [0.29, 0.717) is 11.1 Å². The van der Waals surface area contributed by atoms with Crippen LogP contribution in [0.2, 0.25) is 0 Å². The number of ether oxygens (including phenoxy) is 2. The molecule has 6 heteroatoms. The molecule has 0 saturated carbocycles.